The Labute approximate surface area is 191 Å². The Morgan fingerprint density at radius 3 is 2.62 bits per heavy atom. The lowest BCUT2D eigenvalue weighted by Crippen LogP contribution is -2.43. The van der Waals surface area contributed by atoms with Gasteiger partial charge in [0.15, 0.2) is 0 Å². The van der Waals surface area contributed by atoms with E-state index in [1.807, 2.05) is 6.92 Å². The summed E-state index contributed by atoms with van der Waals surface area (Å²) in [5, 5.41) is 12.9. The number of carbonyl (C=O) groups excluding carboxylic acids is 1. The lowest BCUT2D eigenvalue weighted by atomic mass is 9.98. The van der Waals surface area contributed by atoms with Gasteiger partial charge in [0.2, 0.25) is 15.9 Å². The zero-order valence-corrected chi connectivity index (χ0v) is 20.0. The maximum atomic E-state index is 12.9. The van der Waals surface area contributed by atoms with Gasteiger partial charge in [0.1, 0.15) is 9.96 Å². The van der Waals surface area contributed by atoms with Gasteiger partial charge in [-0.2, -0.15) is 4.31 Å². The molecule has 3 heterocycles. The van der Waals surface area contributed by atoms with Gasteiger partial charge < -0.3 is 10.4 Å². The van der Waals surface area contributed by atoms with Crippen LogP contribution in [-0.4, -0.2) is 57.5 Å². The van der Waals surface area contributed by atoms with Crippen LogP contribution < -0.4 is 9.62 Å². The van der Waals surface area contributed by atoms with Crippen molar-refractivity contribution < 1.29 is 26.7 Å². The maximum absolute atomic E-state index is 12.9. The summed E-state index contributed by atoms with van der Waals surface area (Å²) in [6.07, 6.45) is 1.57. The second kappa shape index (κ2) is 8.65. The molecule has 1 aromatic heterocycles. The number of piperidine rings is 1. The molecule has 0 radical (unpaired) electrons. The lowest BCUT2D eigenvalue weighted by molar-refractivity contribution is -0.120. The number of thiophene rings is 1. The third-order valence-corrected chi connectivity index (χ3v) is 10.9. The molecular weight excluding hydrogens is 474 g/mol. The molecule has 2 aromatic rings. The number of sulfonamides is 2. The summed E-state index contributed by atoms with van der Waals surface area (Å²) in [6, 6.07) is 7.60. The molecule has 174 valence electrons. The van der Waals surface area contributed by atoms with Crippen LogP contribution in [0.3, 0.4) is 0 Å². The average Bonchev–Trinajstić information content (AvgIpc) is 3.35. The van der Waals surface area contributed by atoms with Crippen molar-refractivity contribution in [3.05, 3.63) is 35.2 Å². The van der Waals surface area contributed by atoms with E-state index in [1.54, 1.807) is 12.1 Å². The average molecular weight is 500 g/mol. The molecule has 4 rings (SSSR count). The molecule has 2 aliphatic heterocycles. The first-order valence-corrected chi connectivity index (χ1v) is 14.2. The fourth-order valence-corrected chi connectivity index (χ4v) is 8.51. The number of phenolic OH excluding ortho intramolecular Hbond substituents is 1. The number of anilines is 2. The van der Waals surface area contributed by atoms with Crippen molar-refractivity contribution in [2.75, 3.05) is 35.0 Å². The molecule has 32 heavy (non-hydrogen) atoms. The second-order valence-electron chi connectivity index (χ2n) is 8.00. The Morgan fingerprint density at radius 2 is 1.97 bits per heavy atom. The summed E-state index contributed by atoms with van der Waals surface area (Å²) in [5.74, 6) is -1.12. The van der Waals surface area contributed by atoms with E-state index in [0.717, 1.165) is 4.88 Å². The molecule has 1 atom stereocenters. The van der Waals surface area contributed by atoms with Crippen LogP contribution in [0, 0.1) is 12.8 Å². The Morgan fingerprint density at radius 1 is 1.19 bits per heavy atom. The number of phenols is 1. The zero-order chi connectivity index (χ0) is 23.1. The van der Waals surface area contributed by atoms with E-state index in [0.29, 0.717) is 38.0 Å². The standard InChI is InChI=1S/C20H25N3O6S3/c1-14-5-8-19(30-14)32(28,29)22-9-2-4-15(13-22)20(25)21-17-12-16(6-7-18(17)24)23-10-3-11-31(23,26)27/h5-8,12,15,24H,2-4,9-11,13H2,1H3,(H,21,25). The van der Waals surface area contributed by atoms with E-state index in [9.17, 15) is 26.7 Å². The molecule has 2 aliphatic rings. The highest BCUT2D eigenvalue weighted by Gasteiger charge is 2.34. The summed E-state index contributed by atoms with van der Waals surface area (Å²) in [4.78, 5) is 13.8. The minimum atomic E-state index is -3.67. The number of hydrogen-bond acceptors (Lipinski definition) is 7. The summed E-state index contributed by atoms with van der Waals surface area (Å²) < 4.78 is 53.1. The number of nitrogens with zero attached hydrogens (tertiary/aromatic N) is 2. The molecule has 12 heteroatoms. The van der Waals surface area contributed by atoms with Crippen molar-refractivity contribution in [3.8, 4) is 5.75 Å². The smallest absolute Gasteiger partial charge is 0.252 e. The summed E-state index contributed by atoms with van der Waals surface area (Å²) >= 11 is 1.20. The van der Waals surface area contributed by atoms with Crippen molar-refractivity contribution in [1.29, 1.82) is 0 Å². The molecule has 1 amide bonds. The minimum absolute atomic E-state index is 0.0477. The highest BCUT2D eigenvalue weighted by molar-refractivity contribution is 7.93. The molecule has 9 nitrogen and oxygen atoms in total. The number of aryl methyl sites for hydroxylation is 1. The van der Waals surface area contributed by atoms with Crippen molar-refractivity contribution in [1.82, 2.24) is 4.31 Å². The fourth-order valence-electron chi connectivity index (χ4n) is 4.00. The summed E-state index contributed by atoms with van der Waals surface area (Å²) in [7, 11) is -7.07. The summed E-state index contributed by atoms with van der Waals surface area (Å²) in [5.41, 5.74) is 0.472. The third-order valence-electron chi connectivity index (χ3n) is 5.69. The third kappa shape index (κ3) is 4.49. The lowest BCUT2D eigenvalue weighted by Gasteiger charge is -2.31. The number of carbonyl (C=O) groups is 1. The first kappa shape index (κ1) is 23.0. The molecule has 1 aromatic carbocycles. The second-order valence-corrected chi connectivity index (χ2v) is 13.5. The van der Waals surface area contributed by atoms with Crippen LogP contribution in [0.5, 0.6) is 5.75 Å². The number of amides is 1. The van der Waals surface area contributed by atoms with Gasteiger partial charge in [-0.15, -0.1) is 11.3 Å². The van der Waals surface area contributed by atoms with Crippen molar-refractivity contribution in [3.63, 3.8) is 0 Å². The van der Waals surface area contributed by atoms with E-state index in [4.69, 9.17) is 0 Å². The maximum Gasteiger partial charge on any atom is 0.252 e. The molecule has 1 unspecified atom stereocenters. The van der Waals surface area contributed by atoms with Gasteiger partial charge in [-0.25, -0.2) is 16.8 Å². The van der Waals surface area contributed by atoms with Gasteiger partial charge in [-0.1, -0.05) is 0 Å². The normalized spacial score (nSPS) is 21.5. The number of aromatic hydroxyl groups is 1. The first-order chi connectivity index (χ1) is 15.1. The van der Waals surface area contributed by atoms with Gasteiger partial charge in [0.25, 0.3) is 10.0 Å². The highest BCUT2D eigenvalue weighted by Crippen LogP contribution is 2.33. The van der Waals surface area contributed by atoms with E-state index < -0.39 is 31.9 Å². The number of nitrogens with one attached hydrogen (secondary N) is 1. The van der Waals surface area contributed by atoms with E-state index >= 15 is 0 Å². The van der Waals surface area contributed by atoms with E-state index in [2.05, 4.69) is 5.32 Å². The van der Waals surface area contributed by atoms with Gasteiger partial charge >= 0.3 is 0 Å². The molecule has 0 bridgehead atoms. The number of hydrogen-bond donors (Lipinski definition) is 2. The number of rotatable bonds is 5. The molecule has 2 N–H and O–H groups in total. The van der Waals surface area contributed by atoms with E-state index in [1.165, 1.54) is 38.1 Å². The Bertz CT molecular complexity index is 1240. The van der Waals surface area contributed by atoms with Crippen LogP contribution in [0.2, 0.25) is 0 Å². The van der Waals surface area contributed by atoms with Crippen molar-refractivity contribution >= 4 is 48.7 Å². The van der Waals surface area contributed by atoms with Crippen LogP contribution in [0.25, 0.3) is 0 Å². The van der Waals surface area contributed by atoms with Gasteiger partial charge in [-0.05, 0) is 56.5 Å². The minimum Gasteiger partial charge on any atom is -0.506 e. The van der Waals surface area contributed by atoms with Crippen LogP contribution in [-0.2, 0) is 24.8 Å². The Kier molecular flexibility index (Phi) is 6.23. The fraction of sp³-hybridized carbons (Fsp3) is 0.450. The van der Waals surface area contributed by atoms with Crippen LogP contribution in [0.15, 0.2) is 34.5 Å². The highest BCUT2D eigenvalue weighted by atomic mass is 32.2. The molecule has 0 spiro atoms. The molecule has 0 saturated carbocycles. The predicted molar refractivity (Wildman–Crippen MR) is 123 cm³/mol. The summed E-state index contributed by atoms with van der Waals surface area (Å²) in [6.45, 7) is 2.57. The number of benzene rings is 1. The van der Waals surface area contributed by atoms with Crippen LogP contribution in [0.4, 0.5) is 11.4 Å². The Balaban J connectivity index is 1.50. The van der Waals surface area contributed by atoms with E-state index in [-0.39, 0.29) is 27.9 Å². The monoisotopic (exact) mass is 499 g/mol. The predicted octanol–water partition coefficient (Wildman–Crippen LogP) is 2.34. The van der Waals surface area contributed by atoms with Gasteiger partial charge in [0, 0.05) is 24.5 Å². The van der Waals surface area contributed by atoms with Crippen LogP contribution >= 0.6 is 11.3 Å². The zero-order valence-electron chi connectivity index (χ0n) is 17.5. The van der Waals surface area contributed by atoms with Crippen molar-refractivity contribution in [2.24, 2.45) is 5.92 Å². The van der Waals surface area contributed by atoms with Gasteiger partial charge in [0.05, 0.1) is 23.0 Å². The molecular formula is C20H25N3O6S3. The van der Waals surface area contributed by atoms with Crippen LogP contribution in [0.1, 0.15) is 24.1 Å². The molecule has 0 aliphatic carbocycles. The molecule has 2 saturated heterocycles. The van der Waals surface area contributed by atoms with Crippen molar-refractivity contribution in [2.45, 2.75) is 30.4 Å². The first-order valence-electron chi connectivity index (χ1n) is 10.3. The topological polar surface area (TPSA) is 124 Å². The molecule has 2 fully saturated rings. The largest absolute Gasteiger partial charge is 0.506 e. The Hall–Kier alpha value is -2.15. The quantitative estimate of drug-likeness (QED) is 0.609. The van der Waals surface area contributed by atoms with Gasteiger partial charge in [-0.3, -0.25) is 9.10 Å². The SMILES string of the molecule is Cc1ccc(S(=O)(=O)N2CCCC(C(=O)Nc3cc(N4CCCS4(=O)=O)ccc3O)C2)s1.